The Balaban J connectivity index is 1.51. The highest BCUT2D eigenvalue weighted by Crippen LogP contribution is 2.45. The van der Waals surface area contributed by atoms with Crippen molar-refractivity contribution in [2.75, 3.05) is 39.4 Å². The molecule has 8 N–H and O–H groups in total. The standard InChI is InChI=1S/C34H47N3O9/c1-3-36-24(7-4-22-10-12-37-32(35)15-22)19-44-31-17-23(16-30(43-2)33(31)42)34-26(11-13-38)28(41)18-25(46-34)8-5-21-6-9-27(40)29(14-21)45-20-39/h6,9-10,12,14-17,24-26,28,34,36,38-42H,3-5,7-8,11,13,18-20H2,1-2H3,(H2,35,37)/t24-,25+,26+,28+,34-/m1/s1. The second-order valence-electron chi connectivity index (χ2n) is 11.5. The lowest BCUT2D eigenvalue weighted by Crippen LogP contribution is -2.40. The highest BCUT2D eigenvalue weighted by molar-refractivity contribution is 5.53. The summed E-state index contributed by atoms with van der Waals surface area (Å²) in [5.41, 5.74) is 8.44. The quantitative estimate of drug-likeness (QED) is 0.107. The molecule has 0 aliphatic carbocycles. The average molecular weight is 642 g/mol. The fourth-order valence-corrected chi connectivity index (χ4v) is 5.99. The fourth-order valence-electron chi connectivity index (χ4n) is 5.99. The molecular formula is C34H47N3O9. The number of likely N-dealkylation sites (N-methyl/N-ethyl adjacent to an activating group) is 1. The Kier molecular flexibility index (Phi) is 13.1. The number of nitrogen functional groups attached to an aromatic ring is 1. The molecule has 2 heterocycles. The minimum absolute atomic E-state index is 0.0177. The molecule has 1 saturated heterocycles. The number of nitrogens with zero attached hydrogens (tertiary/aromatic N) is 1. The van der Waals surface area contributed by atoms with Crippen LogP contribution in [0.25, 0.3) is 0 Å². The smallest absolute Gasteiger partial charge is 0.200 e. The number of nitrogens with one attached hydrogen (secondary N) is 1. The monoisotopic (exact) mass is 641 g/mol. The predicted octanol–water partition coefficient (Wildman–Crippen LogP) is 3.22. The maximum Gasteiger partial charge on any atom is 0.200 e. The number of nitrogens with two attached hydrogens (primary N) is 1. The Hall–Kier alpha value is -3.81. The number of anilines is 1. The summed E-state index contributed by atoms with van der Waals surface area (Å²) in [6.07, 6.45) is 3.39. The van der Waals surface area contributed by atoms with E-state index in [0.29, 0.717) is 37.1 Å². The van der Waals surface area contributed by atoms with E-state index >= 15 is 0 Å². The first-order chi connectivity index (χ1) is 22.3. The van der Waals surface area contributed by atoms with Crippen molar-refractivity contribution in [3.05, 3.63) is 65.4 Å². The number of benzene rings is 2. The molecule has 0 unspecified atom stereocenters. The van der Waals surface area contributed by atoms with E-state index < -0.39 is 24.9 Å². The molecule has 1 aliphatic rings. The zero-order chi connectivity index (χ0) is 33.1. The van der Waals surface area contributed by atoms with Gasteiger partial charge < -0.3 is 55.5 Å². The first-order valence-corrected chi connectivity index (χ1v) is 15.7. The molecule has 1 fully saturated rings. The van der Waals surface area contributed by atoms with Crippen LogP contribution in [0.5, 0.6) is 28.7 Å². The molecule has 46 heavy (non-hydrogen) atoms. The third kappa shape index (κ3) is 9.36. The molecule has 0 spiro atoms. The third-order valence-corrected chi connectivity index (χ3v) is 8.36. The summed E-state index contributed by atoms with van der Waals surface area (Å²) in [5, 5.41) is 54.5. The Bertz CT molecular complexity index is 1390. The number of aromatic nitrogens is 1. The molecule has 3 aromatic rings. The third-order valence-electron chi connectivity index (χ3n) is 8.36. The van der Waals surface area contributed by atoms with Crippen molar-refractivity contribution >= 4 is 5.82 Å². The van der Waals surface area contributed by atoms with Crippen molar-refractivity contribution in [2.45, 2.75) is 69.8 Å². The van der Waals surface area contributed by atoms with Crippen LogP contribution >= 0.6 is 0 Å². The molecule has 5 atom stereocenters. The zero-order valence-corrected chi connectivity index (χ0v) is 26.5. The number of aliphatic hydroxyl groups is 3. The number of phenolic OH excluding ortho intramolecular Hbond substituents is 2. The van der Waals surface area contributed by atoms with E-state index in [2.05, 4.69) is 10.3 Å². The average Bonchev–Trinajstić information content (AvgIpc) is 3.04. The van der Waals surface area contributed by atoms with Crippen molar-refractivity contribution < 1.29 is 44.5 Å². The van der Waals surface area contributed by atoms with Gasteiger partial charge in [0.25, 0.3) is 0 Å². The SMILES string of the molecule is CCN[C@H](CCc1ccnc(N)c1)COc1cc([C@H]2O[C@@H](CCc3ccc(O)c(OCO)c3)C[C@H](O)[C@@H]2CCO)cc(OC)c1O. The molecule has 4 rings (SSSR count). The summed E-state index contributed by atoms with van der Waals surface area (Å²) < 4.78 is 23.3. The molecule has 0 bridgehead atoms. The van der Waals surface area contributed by atoms with Crippen molar-refractivity contribution in [3.63, 3.8) is 0 Å². The van der Waals surface area contributed by atoms with Crippen LogP contribution in [0, 0.1) is 5.92 Å². The Labute approximate surface area is 269 Å². The van der Waals surface area contributed by atoms with Gasteiger partial charge in [0.2, 0.25) is 5.75 Å². The van der Waals surface area contributed by atoms with Gasteiger partial charge in [0.05, 0.1) is 25.4 Å². The summed E-state index contributed by atoms with van der Waals surface area (Å²) in [6, 6.07) is 12.1. The minimum Gasteiger partial charge on any atom is -0.504 e. The molecule has 1 aliphatic heterocycles. The van der Waals surface area contributed by atoms with Crippen LogP contribution in [0.15, 0.2) is 48.7 Å². The number of rotatable bonds is 17. The number of hydrogen-bond acceptors (Lipinski definition) is 12. The van der Waals surface area contributed by atoms with Crippen molar-refractivity contribution in [2.24, 2.45) is 5.92 Å². The minimum atomic E-state index is -0.742. The summed E-state index contributed by atoms with van der Waals surface area (Å²) in [6.45, 7) is 2.35. The lowest BCUT2D eigenvalue weighted by atomic mass is 9.82. The summed E-state index contributed by atoms with van der Waals surface area (Å²) in [5.74, 6) is 0.502. The number of aliphatic hydroxyl groups excluding tert-OH is 3. The second-order valence-corrected chi connectivity index (χ2v) is 11.5. The van der Waals surface area contributed by atoms with Gasteiger partial charge in [-0.05, 0) is 98.2 Å². The molecule has 12 heteroatoms. The number of aryl methyl sites for hydroxylation is 2. The van der Waals surface area contributed by atoms with Gasteiger partial charge in [0.1, 0.15) is 12.4 Å². The Morgan fingerprint density at radius 2 is 1.78 bits per heavy atom. The summed E-state index contributed by atoms with van der Waals surface area (Å²) >= 11 is 0. The van der Waals surface area contributed by atoms with Gasteiger partial charge in [0, 0.05) is 24.8 Å². The first-order valence-electron chi connectivity index (χ1n) is 15.7. The van der Waals surface area contributed by atoms with Crippen molar-refractivity contribution in [3.8, 4) is 28.7 Å². The topological polar surface area (TPSA) is 189 Å². The van der Waals surface area contributed by atoms with Crippen LogP contribution in [0.4, 0.5) is 5.82 Å². The van der Waals surface area contributed by atoms with Crippen LogP contribution in [0.3, 0.4) is 0 Å². The van der Waals surface area contributed by atoms with E-state index in [4.69, 9.17) is 29.8 Å². The van der Waals surface area contributed by atoms with Gasteiger partial charge in [-0.25, -0.2) is 4.98 Å². The number of methoxy groups -OCH3 is 1. The van der Waals surface area contributed by atoms with E-state index in [0.717, 1.165) is 30.5 Å². The molecular weight excluding hydrogens is 594 g/mol. The summed E-state index contributed by atoms with van der Waals surface area (Å²) in [7, 11) is 1.46. The van der Waals surface area contributed by atoms with Crippen LogP contribution in [-0.4, -0.2) is 82.4 Å². The van der Waals surface area contributed by atoms with Crippen LogP contribution in [0.2, 0.25) is 0 Å². The van der Waals surface area contributed by atoms with Gasteiger partial charge in [0.15, 0.2) is 29.8 Å². The molecule has 0 radical (unpaired) electrons. The van der Waals surface area contributed by atoms with Crippen LogP contribution in [0.1, 0.15) is 55.4 Å². The number of phenols is 2. The Morgan fingerprint density at radius 1 is 1.00 bits per heavy atom. The number of ether oxygens (including phenoxy) is 4. The molecule has 12 nitrogen and oxygen atoms in total. The fraction of sp³-hybridized carbons (Fsp3) is 0.500. The predicted molar refractivity (Wildman–Crippen MR) is 172 cm³/mol. The largest absolute Gasteiger partial charge is 0.504 e. The highest BCUT2D eigenvalue weighted by Gasteiger charge is 2.39. The van der Waals surface area contributed by atoms with Crippen molar-refractivity contribution in [1.29, 1.82) is 0 Å². The maximum atomic E-state index is 11.2. The number of pyridine rings is 1. The first kappa shape index (κ1) is 35.1. The van der Waals surface area contributed by atoms with Gasteiger partial charge >= 0.3 is 0 Å². The van der Waals surface area contributed by atoms with Crippen molar-refractivity contribution in [1.82, 2.24) is 10.3 Å². The summed E-state index contributed by atoms with van der Waals surface area (Å²) in [4.78, 5) is 4.05. The van der Waals surface area contributed by atoms with Gasteiger partial charge in [-0.3, -0.25) is 0 Å². The highest BCUT2D eigenvalue weighted by atomic mass is 16.6. The maximum absolute atomic E-state index is 11.2. The molecule has 0 amide bonds. The van der Waals surface area contributed by atoms with E-state index in [-0.39, 0.29) is 54.1 Å². The van der Waals surface area contributed by atoms with E-state index in [9.17, 15) is 20.4 Å². The molecule has 1 aromatic heterocycles. The van der Waals surface area contributed by atoms with Gasteiger partial charge in [-0.2, -0.15) is 0 Å². The second kappa shape index (κ2) is 17.2. The number of hydrogen-bond donors (Lipinski definition) is 7. The van der Waals surface area contributed by atoms with Crippen LogP contribution < -0.4 is 25.3 Å². The van der Waals surface area contributed by atoms with E-state index in [1.807, 2.05) is 19.1 Å². The lowest BCUT2D eigenvalue weighted by Gasteiger charge is -2.40. The molecule has 252 valence electrons. The van der Waals surface area contributed by atoms with Gasteiger partial charge in [-0.15, -0.1) is 0 Å². The van der Waals surface area contributed by atoms with E-state index in [1.165, 1.54) is 13.2 Å². The zero-order valence-electron chi connectivity index (χ0n) is 26.5. The lowest BCUT2D eigenvalue weighted by molar-refractivity contribution is -0.144. The normalized spacial score (nSPS) is 20.3. The molecule has 2 aromatic carbocycles. The van der Waals surface area contributed by atoms with Gasteiger partial charge in [-0.1, -0.05) is 13.0 Å². The van der Waals surface area contributed by atoms with Crippen LogP contribution in [-0.2, 0) is 17.6 Å². The molecule has 0 saturated carbocycles. The van der Waals surface area contributed by atoms with E-state index in [1.54, 1.807) is 30.5 Å². The number of aromatic hydroxyl groups is 2. The Morgan fingerprint density at radius 3 is 2.50 bits per heavy atom.